The number of rotatable bonds is 5. The predicted octanol–water partition coefficient (Wildman–Crippen LogP) is 4.22. The molecule has 33 heavy (non-hydrogen) atoms. The van der Waals surface area contributed by atoms with E-state index >= 15 is 0 Å². The molecule has 0 aromatic heterocycles. The topological polar surface area (TPSA) is 79.0 Å². The summed E-state index contributed by atoms with van der Waals surface area (Å²) >= 11 is 5.93. The van der Waals surface area contributed by atoms with Gasteiger partial charge in [0.1, 0.15) is 0 Å². The van der Waals surface area contributed by atoms with Crippen molar-refractivity contribution < 1.29 is 19.1 Å². The summed E-state index contributed by atoms with van der Waals surface area (Å²) in [5, 5.41) is 3.61. The van der Waals surface area contributed by atoms with Gasteiger partial charge in [0.2, 0.25) is 5.91 Å². The smallest absolute Gasteiger partial charge is 0.337 e. The van der Waals surface area contributed by atoms with Crippen LogP contribution < -0.4 is 10.2 Å². The van der Waals surface area contributed by atoms with E-state index in [0.717, 1.165) is 38.0 Å². The maximum absolute atomic E-state index is 13.2. The van der Waals surface area contributed by atoms with Crippen LogP contribution in [0.1, 0.15) is 46.4 Å². The summed E-state index contributed by atoms with van der Waals surface area (Å²) in [6, 6.07) is 12.1. The Kier molecular flexibility index (Phi) is 7.18. The first-order valence-electron chi connectivity index (χ1n) is 11.3. The maximum atomic E-state index is 13.2. The molecule has 2 aliphatic rings. The van der Waals surface area contributed by atoms with Crippen LogP contribution >= 0.6 is 11.6 Å². The Morgan fingerprint density at radius 3 is 2.36 bits per heavy atom. The van der Waals surface area contributed by atoms with E-state index in [4.69, 9.17) is 16.3 Å². The SMILES string of the molecule is COC(=O)c1ccc(N2CCCC2)c(NC(=O)C2CCCN(C(=O)c3ccc(Cl)cc3)C2)c1. The molecule has 2 aromatic carbocycles. The number of carbonyl (C=O) groups excluding carboxylic acids is 3. The summed E-state index contributed by atoms with van der Waals surface area (Å²) in [6.07, 6.45) is 3.64. The summed E-state index contributed by atoms with van der Waals surface area (Å²) in [6.45, 7) is 2.78. The number of amides is 2. The van der Waals surface area contributed by atoms with Crippen molar-refractivity contribution in [3.05, 3.63) is 58.6 Å². The molecule has 4 rings (SSSR count). The molecule has 0 aliphatic carbocycles. The third-order valence-corrected chi connectivity index (χ3v) is 6.54. The monoisotopic (exact) mass is 469 g/mol. The van der Waals surface area contributed by atoms with Gasteiger partial charge in [0.25, 0.3) is 5.91 Å². The quantitative estimate of drug-likeness (QED) is 0.663. The number of halogens is 1. The van der Waals surface area contributed by atoms with Crippen molar-refractivity contribution in [2.24, 2.45) is 5.92 Å². The third kappa shape index (κ3) is 5.30. The fourth-order valence-electron chi connectivity index (χ4n) is 4.50. The number of nitrogens with one attached hydrogen (secondary N) is 1. The number of hydrogen-bond donors (Lipinski definition) is 1. The summed E-state index contributed by atoms with van der Waals surface area (Å²) < 4.78 is 4.85. The van der Waals surface area contributed by atoms with Gasteiger partial charge in [0.15, 0.2) is 0 Å². The van der Waals surface area contributed by atoms with E-state index in [1.54, 1.807) is 41.3 Å². The third-order valence-electron chi connectivity index (χ3n) is 6.29. The number of nitrogens with zero attached hydrogens (tertiary/aromatic N) is 2. The van der Waals surface area contributed by atoms with Crippen LogP contribution in [0.4, 0.5) is 11.4 Å². The van der Waals surface area contributed by atoms with Crippen LogP contribution in [0.25, 0.3) is 0 Å². The second-order valence-electron chi connectivity index (χ2n) is 8.50. The van der Waals surface area contributed by atoms with Gasteiger partial charge in [-0.2, -0.15) is 0 Å². The van der Waals surface area contributed by atoms with E-state index in [1.807, 2.05) is 6.07 Å². The fraction of sp³-hybridized carbons (Fsp3) is 0.400. The first-order chi connectivity index (χ1) is 16.0. The average molecular weight is 470 g/mol. The largest absolute Gasteiger partial charge is 0.465 e. The van der Waals surface area contributed by atoms with Crippen molar-refractivity contribution in [3.8, 4) is 0 Å². The van der Waals surface area contributed by atoms with Crippen molar-refractivity contribution >= 4 is 40.8 Å². The lowest BCUT2D eigenvalue weighted by molar-refractivity contribution is -0.121. The molecule has 8 heteroatoms. The molecule has 2 amide bonds. The summed E-state index contributed by atoms with van der Waals surface area (Å²) in [5.74, 6) is -1.03. The van der Waals surface area contributed by atoms with Gasteiger partial charge in [-0.05, 0) is 68.1 Å². The first kappa shape index (κ1) is 23.1. The summed E-state index contributed by atoms with van der Waals surface area (Å²) in [4.78, 5) is 42.1. The minimum absolute atomic E-state index is 0.102. The van der Waals surface area contributed by atoms with Crippen LogP contribution in [-0.2, 0) is 9.53 Å². The molecular weight excluding hydrogens is 442 g/mol. The maximum Gasteiger partial charge on any atom is 0.337 e. The average Bonchev–Trinajstić information content (AvgIpc) is 3.38. The highest BCUT2D eigenvalue weighted by molar-refractivity contribution is 6.30. The predicted molar refractivity (Wildman–Crippen MR) is 128 cm³/mol. The van der Waals surface area contributed by atoms with E-state index in [2.05, 4.69) is 10.2 Å². The van der Waals surface area contributed by atoms with Crippen LogP contribution in [0.3, 0.4) is 0 Å². The van der Waals surface area contributed by atoms with E-state index in [-0.39, 0.29) is 17.7 Å². The van der Waals surface area contributed by atoms with E-state index in [1.165, 1.54) is 7.11 Å². The number of anilines is 2. The molecule has 7 nitrogen and oxygen atoms in total. The van der Waals surface area contributed by atoms with Crippen molar-refractivity contribution in [2.75, 3.05) is 43.5 Å². The lowest BCUT2D eigenvalue weighted by atomic mass is 9.96. The number of hydrogen-bond acceptors (Lipinski definition) is 5. The molecule has 1 unspecified atom stereocenters. The number of esters is 1. The van der Waals surface area contributed by atoms with Gasteiger partial charge in [-0.1, -0.05) is 11.6 Å². The molecule has 1 atom stereocenters. The minimum atomic E-state index is -0.448. The second-order valence-corrected chi connectivity index (χ2v) is 8.94. The van der Waals surface area contributed by atoms with Gasteiger partial charge in [-0.15, -0.1) is 0 Å². The Bertz CT molecular complexity index is 1030. The molecular formula is C25H28ClN3O4. The second kappa shape index (κ2) is 10.3. The van der Waals surface area contributed by atoms with Crippen molar-refractivity contribution in [3.63, 3.8) is 0 Å². The molecule has 0 bridgehead atoms. The minimum Gasteiger partial charge on any atom is -0.465 e. The first-order valence-corrected chi connectivity index (χ1v) is 11.7. The summed E-state index contributed by atoms with van der Waals surface area (Å²) in [7, 11) is 1.34. The molecule has 174 valence electrons. The van der Waals surface area contributed by atoms with Crippen LogP contribution in [0.5, 0.6) is 0 Å². The highest BCUT2D eigenvalue weighted by atomic mass is 35.5. The van der Waals surface area contributed by atoms with Crippen molar-refractivity contribution in [1.82, 2.24) is 4.90 Å². The number of likely N-dealkylation sites (tertiary alicyclic amines) is 1. The zero-order chi connectivity index (χ0) is 23.4. The Morgan fingerprint density at radius 2 is 1.67 bits per heavy atom. The zero-order valence-corrected chi connectivity index (χ0v) is 19.4. The lowest BCUT2D eigenvalue weighted by Gasteiger charge is -2.32. The Hall–Kier alpha value is -3.06. The van der Waals surface area contributed by atoms with E-state index < -0.39 is 5.97 Å². The number of piperidine rings is 1. The molecule has 0 spiro atoms. The highest BCUT2D eigenvalue weighted by Gasteiger charge is 2.30. The Morgan fingerprint density at radius 1 is 0.970 bits per heavy atom. The van der Waals surface area contributed by atoms with Crippen LogP contribution in [0.2, 0.25) is 5.02 Å². The molecule has 2 aliphatic heterocycles. The molecule has 0 saturated carbocycles. The molecule has 2 aromatic rings. The number of methoxy groups -OCH3 is 1. The molecule has 2 heterocycles. The lowest BCUT2D eigenvalue weighted by Crippen LogP contribution is -2.43. The standard InChI is InChI=1S/C25H28ClN3O4/c1-33-25(32)18-8-11-22(28-12-2-3-13-28)21(15-18)27-23(30)19-5-4-14-29(16-19)24(31)17-6-9-20(26)10-7-17/h6-11,15,19H,2-5,12-14,16H2,1H3,(H,27,30). The van der Waals surface area contributed by atoms with Gasteiger partial charge >= 0.3 is 5.97 Å². The molecule has 2 fully saturated rings. The molecule has 2 saturated heterocycles. The van der Waals surface area contributed by atoms with Gasteiger partial charge in [0, 0.05) is 36.8 Å². The van der Waals surface area contributed by atoms with Crippen LogP contribution in [0, 0.1) is 5.92 Å². The van der Waals surface area contributed by atoms with Crippen LogP contribution in [-0.4, -0.2) is 56.0 Å². The van der Waals surface area contributed by atoms with Crippen LogP contribution in [0.15, 0.2) is 42.5 Å². The Labute approximate surface area is 198 Å². The summed E-state index contributed by atoms with van der Waals surface area (Å²) in [5.41, 5.74) is 2.45. The number of ether oxygens (including phenoxy) is 1. The van der Waals surface area contributed by atoms with Crippen molar-refractivity contribution in [1.29, 1.82) is 0 Å². The van der Waals surface area contributed by atoms with Gasteiger partial charge in [-0.25, -0.2) is 4.79 Å². The van der Waals surface area contributed by atoms with Crippen molar-refractivity contribution in [2.45, 2.75) is 25.7 Å². The van der Waals surface area contributed by atoms with E-state index in [9.17, 15) is 14.4 Å². The molecule has 1 N–H and O–H groups in total. The van der Waals surface area contributed by atoms with Gasteiger partial charge in [0.05, 0.1) is 30.0 Å². The normalized spacial score (nSPS) is 18.2. The Balaban J connectivity index is 1.50. The number of carbonyl (C=O) groups is 3. The van der Waals surface area contributed by atoms with Gasteiger partial charge in [-0.3, -0.25) is 9.59 Å². The molecule has 0 radical (unpaired) electrons. The van der Waals surface area contributed by atoms with E-state index in [0.29, 0.717) is 41.3 Å². The number of benzene rings is 2. The highest BCUT2D eigenvalue weighted by Crippen LogP contribution is 2.31. The fourth-order valence-corrected chi connectivity index (χ4v) is 4.63. The van der Waals surface area contributed by atoms with Gasteiger partial charge < -0.3 is 19.9 Å². The zero-order valence-electron chi connectivity index (χ0n) is 18.7.